The van der Waals surface area contributed by atoms with Crippen LogP contribution in [0.5, 0.6) is 5.75 Å². The second kappa shape index (κ2) is 9.93. The zero-order chi connectivity index (χ0) is 17.9. The van der Waals surface area contributed by atoms with E-state index >= 15 is 0 Å². The number of rotatable bonds is 8. The first-order chi connectivity index (χ1) is 12.1. The monoisotopic (exact) mass is 338 g/mol. The maximum atomic E-state index is 11.7. The minimum atomic E-state index is -0.227. The van der Waals surface area contributed by atoms with Gasteiger partial charge in [0, 0.05) is 19.2 Å². The molecule has 2 amide bonds. The second-order valence-corrected chi connectivity index (χ2v) is 5.49. The fourth-order valence-corrected chi connectivity index (χ4v) is 2.02. The van der Waals surface area contributed by atoms with Crippen LogP contribution in [0.15, 0.2) is 60.7 Å². The normalized spacial score (nSPS) is 10.4. The highest BCUT2D eigenvalue weighted by atomic mass is 16.5. The summed E-state index contributed by atoms with van der Waals surface area (Å²) in [5.74, 6) is 0.226. The number of hydrogen-bond acceptors (Lipinski definition) is 3. The molecule has 0 aromatic heterocycles. The third kappa shape index (κ3) is 7.35. The number of carbonyl (C=O) groups excluding carboxylic acids is 2. The topological polar surface area (TPSA) is 67.4 Å². The van der Waals surface area contributed by atoms with Crippen LogP contribution in [0.4, 0.5) is 0 Å². The van der Waals surface area contributed by atoms with Gasteiger partial charge < -0.3 is 15.4 Å². The first-order valence-corrected chi connectivity index (χ1v) is 8.10. The van der Waals surface area contributed by atoms with Crippen molar-refractivity contribution in [2.24, 2.45) is 0 Å². The van der Waals surface area contributed by atoms with E-state index < -0.39 is 0 Å². The van der Waals surface area contributed by atoms with Crippen molar-refractivity contribution in [1.29, 1.82) is 0 Å². The molecular weight excluding hydrogens is 316 g/mol. The molecule has 0 bridgehead atoms. The van der Waals surface area contributed by atoms with Crippen LogP contribution < -0.4 is 15.4 Å². The van der Waals surface area contributed by atoms with Crippen molar-refractivity contribution in [3.63, 3.8) is 0 Å². The summed E-state index contributed by atoms with van der Waals surface area (Å²) in [5, 5.41) is 5.40. The minimum Gasteiger partial charge on any atom is -0.484 e. The summed E-state index contributed by atoms with van der Waals surface area (Å²) in [6.45, 7) is 2.64. The van der Waals surface area contributed by atoms with Gasteiger partial charge in [0.25, 0.3) is 5.91 Å². The number of ether oxygens (including phenoxy) is 1. The van der Waals surface area contributed by atoms with E-state index in [-0.39, 0.29) is 18.4 Å². The lowest BCUT2D eigenvalue weighted by atomic mass is 10.2. The van der Waals surface area contributed by atoms with Crippen molar-refractivity contribution < 1.29 is 14.3 Å². The van der Waals surface area contributed by atoms with Crippen LogP contribution in [0.3, 0.4) is 0 Å². The lowest BCUT2D eigenvalue weighted by molar-refractivity contribution is -0.123. The quantitative estimate of drug-likeness (QED) is 0.573. The van der Waals surface area contributed by atoms with E-state index in [1.165, 1.54) is 6.08 Å². The van der Waals surface area contributed by atoms with Crippen LogP contribution in [0.25, 0.3) is 6.08 Å². The van der Waals surface area contributed by atoms with Gasteiger partial charge in [-0.25, -0.2) is 0 Å². The number of amides is 2. The molecule has 0 heterocycles. The Labute approximate surface area is 147 Å². The molecule has 0 radical (unpaired) electrons. The Hall–Kier alpha value is -3.08. The van der Waals surface area contributed by atoms with Crippen molar-refractivity contribution in [3.8, 4) is 5.75 Å². The molecule has 2 aromatic carbocycles. The summed E-state index contributed by atoms with van der Waals surface area (Å²) in [7, 11) is 0. The summed E-state index contributed by atoms with van der Waals surface area (Å²) < 4.78 is 5.38. The van der Waals surface area contributed by atoms with Gasteiger partial charge in [-0.2, -0.15) is 0 Å². The molecule has 0 aliphatic rings. The fraction of sp³-hybridized carbons (Fsp3) is 0.200. The largest absolute Gasteiger partial charge is 0.484 e. The Morgan fingerprint density at radius 3 is 2.36 bits per heavy atom. The lowest BCUT2D eigenvalue weighted by Gasteiger charge is -2.08. The molecule has 5 nitrogen and oxygen atoms in total. The average molecular weight is 338 g/mol. The van der Waals surface area contributed by atoms with E-state index in [0.717, 1.165) is 11.1 Å². The van der Waals surface area contributed by atoms with Gasteiger partial charge in [0.2, 0.25) is 5.91 Å². The average Bonchev–Trinajstić information content (AvgIpc) is 2.64. The molecule has 0 aliphatic heterocycles. The van der Waals surface area contributed by atoms with E-state index in [2.05, 4.69) is 10.6 Å². The SMILES string of the molecule is Cc1ccc(OCC(=O)NCCNC(=O)/C=C/c2ccccc2)cc1. The Balaban J connectivity index is 1.58. The number of hydrogen-bond donors (Lipinski definition) is 2. The highest BCUT2D eigenvalue weighted by molar-refractivity contribution is 5.91. The number of aryl methyl sites for hydroxylation is 1. The van der Waals surface area contributed by atoms with Crippen molar-refractivity contribution in [3.05, 3.63) is 71.8 Å². The first kappa shape index (κ1) is 18.3. The third-order valence-electron chi connectivity index (χ3n) is 3.36. The molecule has 2 aromatic rings. The zero-order valence-corrected chi connectivity index (χ0v) is 14.2. The summed E-state index contributed by atoms with van der Waals surface area (Å²) in [4.78, 5) is 23.3. The summed E-state index contributed by atoms with van der Waals surface area (Å²) in [6, 6.07) is 17.1. The van der Waals surface area contributed by atoms with Crippen LogP contribution in [0, 0.1) is 6.92 Å². The van der Waals surface area contributed by atoms with Gasteiger partial charge in [-0.1, -0.05) is 48.0 Å². The van der Waals surface area contributed by atoms with E-state index in [1.807, 2.05) is 61.5 Å². The predicted molar refractivity (Wildman–Crippen MR) is 98.2 cm³/mol. The maximum absolute atomic E-state index is 11.7. The van der Waals surface area contributed by atoms with Gasteiger partial charge in [0.05, 0.1) is 0 Å². The van der Waals surface area contributed by atoms with Gasteiger partial charge >= 0.3 is 0 Å². The summed E-state index contributed by atoms with van der Waals surface area (Å²) in [6.07, 6.45) is 3.21. The third-order valence-corrected chi connectivity index (χ3v) is 3.36. The van der Waals surface area contributed by atoms with Gasteiger partial charge in [-0.05, 0) is 30.7 Å². The Bertz CT molecular complexity index is 709. The number of nitrogens with one attached hydrogen (secondary N) is 2. The van der Waals surface area contributed by atoms with Crippen LogP contribution in [-0.4, -0.2) is 31.5 Å². The molecule has 0 saturated heterocycles. The molecule has 0 spiro atoms. The van der Waals surface area contributed by atoms with Gasteiger partial charge in [-0.15, -0.1) is 0 Å². The van der Waals surface area contributed by atoms with Crippen molar-refractivity contribution in [1.82, 2.24) is 10.6 Å². The Morgan fingerprint density at radius 1 is 0.960 bits per heavy atom. The Kier molecular flexibility index (Phi) is 7.25. The molecule has 0 atom stereocenters. The van der Waals surface area contributed by atoms with E-state index in [4.69, 9.17) is 4.74 Å². The van der Waals surface area contributed by atoms with E-state index in [9.17, 15) is 9.59 Å². The number of carbonyl (C=O) groups is 2. The highest BCUT2D eigenvalue weighted by Gasteiger charge is 2.02. The Morgan fingerprint density at radius 2 is 1.64 bits per heavy atom. The van der Waals surface area contributed by atoms with Crippen LogP contribution >= 0.6 is 0 Å². The lowest BCUT2D eigenvalue weighted by Crippen LogP contribution is -2.36. The molecule has 0 aliphatic carbocycles. The maximum Gasteiger partial charge on any atom is 0.258 e. The van der Waals surface area contributed by atoms with Crippen LogP contribution in [0.2, 0.25) is 0 Å². The van der Waals surface area contributed by atoms with Crippen LogP contribution in [0.1, 0.15) is 11.1 Å². The molecule has 2 N–H and O–H groups in total. The standard InChI is InChI=1S/C20H22N2O3/c1-16-7-10-18(11-8-16)25-15-20(24)22-14-13-21-19(23)12-9-17-5-3-2-4-6-17/h2-12H,13-15H2,1H3,(H,21,23)(H,22,24)/b12-9+. The molecule has 5 heteroatoms. The second-order valence-electron chi connectivity index (χ2n) is 5.49. The van der Waals surface area contributed by atoms with Gasteiger partial charge in [0.1, 0.15) is 5.75 Å². The predicted octanol–water partition coefficient (Wildman–Crippen LogP) is 2.32. The van der Waals surface area contributed by atoms with E-state index in [1.54, 1.807) is 6.08 Å². The minimum absolute atomic E-state index is 0.0507. The van der Waals surface area contributed by atoms with Crippen molar-refractivity contribution >= 4 is 17.9 Å². The van der Waals surface area contributed by atoms with Gasteiger partial charge in [0.15, 0.2) is 6.61 Å². The molecular formula is C20H22N2O3. The molecule has 2 rings (SSSR count). The molecule has 0 saturated carbocycles. The molecule has 0 fully saturated rings. The highest BCUT2D eigenvalue weighted by Crippen LogP contribution is 2.10. The van der Waals surface area contributed by atoms with Crippen LogP contribution in [-0.2, 0) is 9.59 Å². The molecule has 130 valence electrons. The molecule has 0 unspecified atom stereocenters. The number of benzene rings is 2. The van der Waals surface area contributed by atoms with Crippen molar-refractivity contribution in [2.75, 3.05) is 19.7 Å². The van der Waals surface area contributed by atoms with E-state index in [0.29, 0.717) is 18.8 Å². The van der Waals surface area contributed by atoms with Gasteiger partial charge in [-0.3, -0.25) is 9.59 Å². The summed E-state index contributed by atoms with van der Waals surface area (Å²) >= 11 is 0. The smallest absolute Gasteiger partial charge is 0.258 e. The van der Waals surface area contributed by atoms with Crippen molar-refractivity contribution in [2.45, 2.75) is 6.92 Å². The first-order valence-electron chi connectivity index (χ1n) is 8.10. The fourth-order valence-electron chi connectivity index (χ4n) is 2.02. The zero-order valence-electron chi connectivity index (χ0n) is 14.2. The summed E-state index contributed by atoms with van der Waals surface area (Å²) in [5.41, 5.74) is 2.09. The molecule has 25 heavy (non-hydrogen) atoms.